The molecule has 0 aromatic heterocycles. The van der Waals surface area contributed by atoms with Gasteiger partial charge in [-0.15, -0.1) is 11.6 Å². The summed E-state index contributed by atoms with van der Waals surface area (Å²) in [5.41, 5.74) is 1.21. The number of hydrogen-bond acceptors (Lipinski definition) is 3. The average molecular weight is 317 g/mol. The zero-order valence-corrected chi connectivity index (χ0v) is 12.9. The second-order valence-electron chi connectivity index (χ2n) is 5.31. The molecule has 3 rings (SSSR count). The van der Waals surface area contributed by atoms with Gasteiger partial charge in [0.25, 0.3) is 5.91 Å². The van der Waals surface area contributed by atoms with Crippen molar-refractivity contribution in [1.29, 1.82) is 0 Å². The highest BCUT2D eigenvalue weighted by molar-refractivity contribution is 6.32. The van der Waals surface area contributed by atoms with Crippen LogP contribution < -0.4 is 5.32 Å². The van der Waals surface area contributed by atoms with E-state index in [-0.39, 0.29) is 17.6 Å². The topological polar surface area (TPSA) is 49.4 Å². The monoisotopic (exact) mass is 316 g/mol. The van der Waals surface area contributed by atoms with E-state index < -0.39 is 0 Å². The zero-order valence-electron chi connectivity index (χ0n) is 12.1. The van der Waals surface area contributed by atoms with Crippen LogP contribution in [0.25, 0.3) is 10.8 Å². The van der Waals surface area contributed by atoms with E-state index in [4.69, 9.17) is 11.6 Å². The van der Waals surface area contributed by atoms with E-state index in [0.717, 1.165) is 23.9 Å². The van der Waals surface area contributed by atoms with Gasteiger partial charge in [0.1, 0.15) is 0 Å². The molecular formula is C17H17ClN2O2. The second-order valence-corrected chi connectivity index (χ2v) is 5.57. The van der Waals surface area contributed by atoms with Crippen molar-refractivity contribution < 1.29 is 9.59 Å². The van der Waals surface area contributed by atoms with Gasteiger partial charge in [-0.3, -0.25) is 9.59 Å². The summed E-state index contributed by atoms with van der Waals surface area (Å²) in [7, 11) is 0. The number of nitrogens with zero attached hydrogens (tertiary/aromatic N) is 1. The summed E-state index contributed by atoms with van der Waals surface area (Å²) < 4.78 is 0. The molecule has 0 atom stereocenters. The van der Waals surface area contributed by atoms with Crippen LogP contribution in [0.5, 0.6) is 0 Å². The fourth-order valence-electron chi connectivity index (χ4n) is 2.84. The third kappa shape index (κ3) is 2.72. The number of benzene rings is 2. The number of fused-ring (bicyclic) bond motifs is 1. The van der Waals surface area contributed by atoms with E-state index in [1.54, 1.807) is 12.1 Å². The van der Waals surface area contributed by atoms with E-state index >= 15 is 0 Å². The Balaban J connectivity index is 2.07. The molecule has 1 aliphatic rings. The van der Waals surface area contributed by atoms with Crippen LogP contribution in [-0.4, -0.2) is 48.6 Å². The van der Waals surface area contributed by atoms with Gasteiger partial charge in [0.2, 0.25) is 0 Å². The fraction of sp³-hybridized carbons (Fsp3) is 0.294. The number of alkyl halides is 1. The highest BCUT2D eigenvalue weighted by Gasteiger charge is 2.21. The number of halogens is 1. The van der Waals surface area contributed by atoms with Crippen molar-refractivity contribution in [1.82, 2.24) is 10.2 Å². The summed E-state index contributed by atoms with van der Waals surface area (Å²) in [5.74, 6) is -0.170. The van der Waals surface area contributed by atoms with Crippen molar-refractivity contribution in [3.8, 4) is 0 Å². The number of Topliss-reactive ketones (excluding diaryl/α,β-unsaturated/α-hetero) is 1. The van der Waals surface area contributed by atoms with Gasteiger partial charge in [-0.2, -0.15) is 0 Å². The van der Waals surface area contributed by atoms with Gasteiger partial charge >= 0.3 is 0 Å². The van der Waals surface area contributed by atoms with Crippen molar-refractivity contribution in [3.05, 3.63) is 47.5 Å². The molecule has 1 amide bonds. The molecule has 1 fully saturated rings. The van der Waals surface area contributed by atoms with Gasteiger partial charge in [-0.1, -0.05) is 24.3 Å². The van der Waals surface area contributed by atoms with Crippen LogP contribution in [0.3, 0.4) is 0 Å². The van der Waals surface area contributed by atoms with Gasteiger partial charge in [-0.05, 0) is 22.9 Å². The molecule has 0 aliphatic carbocycles. The van der Waals surface area contributed by atoms with Crippen molar-refractivity contribution in [2.24, 2.45) is 0 Å². The fourth-order valence-corrected chi connectivity index (χ4v) is 2.98. The summed E-state index contributed by atoms with van der Waals surface area (Å²) in [4.78, 5) is 26.6. The lowest BCUT2D eigenvalue weighted by atomic mass is 9.97. The van der Waals surface area contributed by atoms with Crippen LogP contribution in [0.2, 0.25) is 0 Å². The van der Waals surface area contributed by atoms with E-state index in [9.17, 15) is 9.59 Å². The van der Waals surface area contributed by atoms with Crippen molar-refractivity contribution >= 4 is 34.1 Å². The number of amides is 1. The number of nitrogens with one attached hydrogen (secondary N) is 1. The smallest absolute Gasteiger partial charge is 0.254 e. The average Bonchev–Trinajstić information content (AvgIpc) is 2.60. The minimum absolute atomic E-state index is 0.0163. The Morgan fingerprint density at radius 2 is 1.59 bits per heavy atom. The quantitative estimate of drug-likeness (QED) is 0.698. The maximum atomic E-state index is 12.8. The van der Waals surface area contributed by atoms with E-state index in [2.05, 4.69) is 5.32 Å². The Hall–Kier alpha value is -1.91. The van der Waals surface area contributed by atoms with E-state index in [0.29, 0.717) is 24.2 Å². The van der Waals surface area contributed by atoms with Crippen molar-refractivity contribution in [2.45, 2.75) is 0 Å². The third-order valence-corrected chi connectivity index (χ3v) is 4.22. The number of ketones is 1. The highest BCUT2D eigenvalue weighted by atomic mass is 35.5. The largest absolute Gasteiger partial charge is 0.336 e. The third-order valence-electron chi connectivity index (χ3n) is 3.98. The number of hydrogen-bond donors (Lipinski definition) is 1. The molecule has 1 heterocycles. The van der Waals surface area contributed by atoms with Gasteiger partial charge < -0.3 is 10.2 Å². The first-order valence-electron chi connectivity index (χ1n) is 7.33. The maximum absolute atomic E-state index is 12.8. The summed E-state index contributed by atoms with van der Waals surface area (Å²) in [6.45, 7) is 3.03. The predicted octanol–water partition coefficient (Wildman–Crippen LogP) is 2.31. The van der Waals surface area contributed by atoms with E-state index in [1.807, 2.05) is 29.2 Å². The first kappa shape index (κ1) is 15.0. The molecule has 1 aliphatic heterocycles. The number of carbonyl (C=O) groups excluding carboxylic acids is 2. The van der Waals surface area contributed by atoms with Crippen molar-refractivity contribution in [2.75, 3.05) is 32.1 Å². The lowest BCUT2D eigenvalue weighted by Gasteiger charge is -2.28. The predicted molar refractivity (Wildman–Crippen MR) is 87.8 cm³/mol. The molecule has 4 nitrogen and oxygen atoms in total. The van der Waals surface area contributed by atoms with Gasteiger partial charge in [0.05, 0.1) is 5.88 Å². The van der Waals surface area contributed by atoms with Gasteiger partial charge in [-0.25, -0.2) is 0 Å². The summed E-state index contributed by atoms with van der Waals surface area (Å²) in [6.07, 6.45) is 0. The normalized spacial score (nSPS) is 15.0. The minimum atomic E-state index is -0.126. The number of carbonyl (C=O) groups is 2. The molecule has 1 N–H and O–H groups in total. The summed E-state index contributed by atoms with van der Waals surface area (Å²) in [6, 6.07) is 11.0. The van der Waals surface area contributed by atoms with Crippen LogP contribution in [0.4, 0.5) is 0 Å². The Kier molecular flexibility index (Phi) is 4.41. The summed E-state index contributed by atoms with van der Waals surface area (Å²) >= 11 is 5.68. The molecular weight excluding hydrogens is 300 g/mol. The molecule has 2 aromatic carbocycles. The molecule has 114 valence electrons. The Morgan fingerprint density at radius 1 is 1.00 bits per heavy atom. The van der Waals surface area contributed by atoms with E-state index in [1.165, 1.54) is 0 Å². The van der Waals surface area contributed by atoms with Crippen LogP contribution >= 0.6 is 11.6 Å². The Labute approximate surface area is 134 Å². The van der Waals surface area contributed by atoms with Crippen LogP contribution in [0.15, 0.2) is 36.4 Å². The van der Waals surface area contributed by atoms with Crippen LogP contribution in [-0.2, 0) is 0 Å². The first-order valence-corrected chi connectivity index (χ1v) is 7.86. The van der Waals surface area contributed by atoms with Gasteiger partial charge in [0, 0.05) is 37.3 Å². The molecule has 1 saturated heterocycles. The first-order chi connectivity index (χ1) is 10.7. The molecule has 0 spiro atoms. The Morgan fingerprint density at radius 3 is 2.23 bits per heavy atom. The lowest BCUT2D eigenvalue weighted by molar-refractivity contribution is 0.0737. The molecule has 0 bridgehead atoms. The standard InChI is InChI=1S/C17H17ClN2O2/c18-11-16(21)14-5-6-15(13-4-2-1-3-12(13)14)17(22)20-9-7-19-8-10-20/h1-6,19H,7-11H2. The number of piperazine rings is 1. The molecule has 2 aromatic rings. The SMILES string of the molecule is O=C(CCl)c1ccc(C(=O)N2CCNCC2)c2ccccc12. The van der Waals surface area contributed by atoms with Crippen molar-refractivity contribution in [3.63, 3.8) is 0 Å². The molecule has 0 saturated carbocycles. The highest BCUT2D eigenvalue weighted by Crippen LogP contribution is 2.25. The maximum Gasteiger partial charge on any atom is 0.254 e. The number of rotatable bonds is 3. The van der Waals surface area contributed by atoms with Crippen LogP contribution in [0.1, 0.15) is 20.7 Å². The van der Waals surface area contributed by atoms with Gasteiger partial charge in [0.15, 0.2) is 5.78 Å². The molecule has 0 radical (unpaired) electrons. The zero-order chi connectivity index (χ0) is 15.5. The summed E-state index contributed by atoms with van der Waals surface area (Å²) in [5, 5.41) is 4.83. The molecule has 0 unspecified atom stereocenters. The molecule has 22 heavy (non-hydrogen) atoms. The minimum Gasteiger partial charge on any atom is -0.336 e. The van der Waals surface area contributed by atoms with Crippen LogP contribution in [0, 0.1) is 0 Å². The lowest BCUT2D eigenvalue weighted by Crippen LogP contribution is -2.46. The molecule has 5 heteroatoms. The second kappa shape index (κ2) is 6.46. The Bertz CT molecular complexity index is 724.